The molecule has 0 bridgehead atoms. The molecule has 21 heavy (non-hydrogen) atoms. The average Bonchev–Trinajstić information content (AvgIpc) is 3.11. The molecule has 2 aromatic rings. The molecule has 0 saturated carbocycles. The molecule has 1 unspecified atom stereocenters. The molecule has 1 aromatic carbocycles. The second-order valence-corrected chi connectivity index (χ2v) is 7.50. The van der Waals surface area contributed by atoms with Gasteiger partial charge in [0.15, 0.2) is 0 Å². The maximum Gasteiger partial charge on any atom is 0.218 e. The predicted molar refractivity (Wildman–Crippen MR) is 83.3 cm³/mol. The number of benzene rings is 1. The van der Waals surface area contributed by atoms with E-state index < -0.39 is 10.0 Å². The van der Waals surface area contributed by atoms with Crippen molar-refractivity contribution in [3.8, 4) is 0 Å². The van der Waals surface area contributed by atoms with Crippen LogP contribution in [-0.2, 0) is 15.8 Å². The molecular formula is C16H20N2O2S. The van der Waals surface area contributed by atoms with E-state index in [2.05, 4.69) is 4.98 Å². The zero-order valence-corrected chi connectivity index (χ0v) is 12.9. The van der Waals surface area contributed by atoms with E-state index in [1.165, 1.54) is 0 Å². The molecule has 0 radical (unpaired) electrons. The van der Waals surface area contributed by atoms with Crippen LogP contribution in [0.1, 0.15) is 35.7 Å². The lowest BCUT2D eigenvalue weighted by atomic mass is 10.1. The molecule has 5 heteroatoms. The highest BCUT2D eigenvalue weighted by Gasteiger charge is 2.35. The van der Waals surface area contributed by atoms with Gasteiger partial charge in [0.2, 0.25) is 10.0 Å². The smallest absolute Gasteiger partial charge is 0.218 e. The van der Waals surface area contributed by atoms with Gasteiger partial charge in [-0.2, -0.15) is 4.31 Å². The lowest BCUT2D eigenvalue weighted by Crippen LogP contribution is -2.32. The summed E-state index contributed by atoms with van der Waals surface area (Å²) in [4.78, 5) is 3.15. The molecule has 1 aromatic heterocycles. The van der Waals surface area contributed by atoms with Crippen molar-refractivity contribution < 1.29 is 8.42 Å². The van der Waals surface area contributed by atoms with Crippen molar-refractivity contribution in [2.45, 2.75) is 31.6 Å². The summed E-state index contributed by atoms with van der Waals surface area (Å²) >= 11 is 0. The van der Waals surface area contributed by atoms with E-state index in [-0.39, 0.29) is 11.8 Å². The van der Waals surface area contributed by atoms with Crippen molar-refractivity contribution >= 4 is 10.0 Å². The van der Waals surface area contributed by atoms with Crippen LogP contribution in [0.4, 0.5) is 0 Å². The first-order chi connectivity index (χ1) is 10.1. The molecular weight excluding hydrogens is 284 g/mol. The van der Waals surface area contributed by atoms with Crippen molar-refractivity contribution in [2.24, 2.45) is 0 Å². The topological polar surface area (TPSA) is 53.2 Å². The third-order valence-corrected chi connectivity index (χ3v) is 5.97. The molecule has 0 amide bonds. The standard InChI is InChI=1S/C16H20N2O2S/c1-13-6-2-3-7-14(13)12-21(19,20)18-11-5-9-16(18)15-8-4-10-17-15/h2-4,6-8,10,16-17H,5,9,11-12H2,1H3. The Kier molecular flexibility index (Phi) is 3.87. The van der Waals surface area contributed by atoms with E-state index in [1.807, 2.05) is 49.5 Å². The van der Waals surface area contributed by atoms with Gasteiger partial charge < -0.3 is 4.98 Å². The Morgan fingerprint density at radius 2 is 2.05 bits per heavy atom. The van der Waals surface area contributed by atoms with Gasteiger partial charge in [-0.1, -0.05) is 24.3 Å². The van der Waals surface area contributed by atoms with E-state index in [0.717, 1.165) is 29.7 Å². The minimum atomic E-state index is -3.30. The largest absolute Gasteiger partial charge is 0.364 e. The number of rotatable bonds is 4. The van der Waals surface area contributed by atoms with Crippen LogP contribution >= 0.6 is 0 Å². The van der Waals surface area contributed by atoms with Gasteiger partial charge in [0.05, 0.1) is 11.8 Å². The van der Waals surface area contributed by atoms with Gasteiger partial charge in [0, 0.05) is 18.4 Å². The number of nitrogens with zero attached hydrogens (tertiary/aromatic N) is 1. The van der Waals surface area contributed by atoms with Crippen LogP contribution in [0, 0.1) is 6.92 Å². The quantitative estimate of drug-likeness (QED) is 0.944. The normalized spacial score (nSPS) is 20.0. The zero-order chi connectivity index (χ0) is 14.9. The number of nitrogens with one attached hydrogen (secondary N) is 1. The van der Waals surface area contributed by atoms with Gasteiger partial charge in [-0.3, -0.25) is 0 Å². The molecule has 1 aliphatic rings. The van der Waals surface area contributed by atoms with E-state index in [1.54, 1.807) is 4.31 Å². The predicted octanol–water partition coefficient (Wildman–Crippen LogP) is 2.99. The van der Waals surface area contributed by atoms with Gasteiger partial charge in [0.1, 0.15) is 0 Å². The highest BCUT2D eigenvalue weighted by molar-refractivity contribution is 7.88. The Bertz CT molecular complexity index is 708. The third-order valence-electron chi connectivity index (χ3n) is 4.14. The van der Waals surface area contributed by atoms with E-state index in [9.17, 15) is 8.42 Å². The van der Waals surface area contributed by atoms with Gasteiger partial charge in [-0.15, -0.1) is 0 Å². The van der Waals surface area contributed by atoms with Crippen LogP contribution < -0.4 is 0 Å². The molecule has 2 heterocycles. The number of sulfonamides is 1. The molecule has 3 rings (SSSR count). The fourth-order valence-electron chi connectivity index (χ4n) is 2.99. The molecule has 1 atom stereocenters. The van der Waals surface area contributed by atoms with Gasteiger partial charge in [-0.05, 0) is 43.0 Å². The van der Waals surface area contributed by atoms with E-state index in [0.29, 0.717) is 6.54 Å². The average molecular weight is 304 g/mol. The minimum Gasteiger partial charge on any atom is -0.364 e. The first-order valence-corrected chi connectivity index (χ1v) is 8.86. The Balaban J connectivity index is 1.86. The molecule has 4 nitrogen and oxygen atoms in total. The van der Waals surface area contributed by atoms with E-state index in [4.69, 9.17) is 0 Å². The van der Waals surface area contributed by atoms with Crippen LogP contribution in [0.3, 0.4) is 0 Å². The van der Waals surface area contributed by atoms with Crippen LogP contribution in [0.15, 0.2) is 42.6 Å². The van der Waals surface area contributed by atoms with Crippen molar-refractivity contribution in [3.05, 3.63) is 59.4 Å². The lowest BCUT2D eigenvalue weighted by molar-refractivity contribution is 0.391. The maximum atomic E-state index is 12.8. The van der Waals surface area contributed by atoms with Crippen LogP contribution in [0.5, 0.6) is 0 Å². The highest BCUT2D eigenvalue weighted by Crippen LogP contribution is 2.34. The summed E-state index contributed by atoms with van der Waals surface area (Å²) in [6.45, 7) is 2.56. The number of aromatic nitrogens is 1. The Morgan fingerprint density at radius 1 is 1.24 bits per heavy atom. The number of hydrogen-bond acceptors (Lipinski definition) is 2. The van der Waals surface area contributed by atoms with Crippen molar-refractivity contribution in [2.75, 3.05) is 6.54 Å². The third kappa shape index (κ3) is 2.89. The van der Waals surface area contributed by atoms with Gasteiger partial charge in [-0.25, -0.2) is 8.42 Å². The zero-order valence-electron chi connectivity index (χ0n) is 12.1. The number of hydrogen-bond donors (Lipinski definition) is 1. The van der Waals surface area contributed by atoms with Crippen molar-refractivity contribution in [1.82, 2.24) is 9.29 Å². The molecule has 0 aliphatic carbocycles. The minimum absolute atomic E-state index is 0.0472. The summed E-state index contributed by atoms with van der Waals surface area (Å²) in [7, 11) is -3.30. The number of aromatic amines is 1. The summed E-state index contributed by atoms with van der Waals surface area (Å²) < 4.78 is 27.2. The molecule has 0 spiro atoms. The van der Waals surface area contributed by atoms with Gasteiger partial charge in [0.25, 0.3) is 0 Å². The Hall–Kier alpha value is -1.59. The van der Waals surface area contributed by atoms with Crippen molar-refractivity contribution in [1.29, 1.82) is 0 Å². The van der Waals surface area contributed by atoms with Crippen LogP contribution in [0.2, 0.25) is 0 Å². The summed E-state index contributed by atoms with van der Waals surface area (Å²) in [6.07, 6.45) is 3.64. The fraction of sp³-hybridized carbons (Fsp3) is 0.375. The summed E-state index contributed by atoms with van der Waals surface area (Å²) in [5, 5.41) is 0. The maximum absolute atomic E-state index is 12.8. The number of H-pyrrole nitrogens is 1. The van der Waals surface area contributed by atoms with Gasteiger partial charge >= 0.3 is 0 Å². The Labute approximate surface area is 125 Å². The number of aryl methyl sites for hydroxylation is 1. The second-order valence-electron chi connectivity index (χ2n) is 5.58. The highest BCUT2D eigenvalue weighted by atomic mass is 32.2. The fourth-order valence-corrected chi connectivity index (χ4v) is 4.88. The van der Waals surface area contributed by atoms with Crippen molar-refractivity contribution in [3.63, 3.8) is 0 Å². The summed E-state index contributed by atoms with van der Waals surface area (Å²) in [6, 6.07) is 11.5. The molecule has 1 aliphatic heterocycles. The lowest BCUT2D eigenvalue weighted by Gasteiger charge is -2.23. The first-order valence-electron chi connectivity index (χ1n) is 7.25. The molecule has 1 saturated heterocycles. The molecule has 112 valence electrons. The monoisotopic (exact) mass is 304 g/mol. The Morgan fingerprint density at radius 3 is 2.76 bits per heavy atom. The van der Waals surface area contributed by atoms with Crippen LogP contribution in [0.25, 0.3) is 0 Å². The van der Waals surface area contributed by atoms with Crippen LogP contribution in [-0.4, -0.2) is 24.3 Å². The first kappa shape index (κ1) is 14.4. The summed E-state index contributed by atoms with van der Waals surface area (Å²) in [5.74, 6) is 0.0802. The van der Waals surface area contributed by atoms with E-state index >= 15 is 0 Å². The molecule has 1 fully saturated rings. The SMILES string of the molecule is Cc1ccccc1CS(=O)(=O)N1CCCC1c1ccc[nH]1. The summed E-state index contributed by atoms with van der Waals surface area (Å²) in [5.41, 5.74) is 2.90. The second kappa shape index (κ2) is 5.66. The molecule has 1 N–H and O–H groups in total.